The van der Waals surface area contributed by atoms with E-state index in [-0.39, 0.29) is 22.3 Å². The van der Waals surface area contributed by atoms with Crippen LogP contribution in [0.2, 0.25) is 0 Å². The SMILES string of the molecule is CCc1cc(Br)cc(C)c1NC(=O)CSC1=C(C#N)[C@@H](c2ccc(OC)c(Br)c2)[C@@H](C(=O)OC)C(=O)N1. The molecule has 2 N–H and O–H groups in total. The molecule has 0 fully saturated rings. The summed E-state index contributed by atoms with van der Waals surface area (Å²) in [6, 6.07) is 11.1. The van der Waals surface area contributed by atoms with E-state index in [1.807, 2.05) is 26.0 Å². The quantitative estimate of drug-likeness (QED) is 0.298. The van der Waals surface area contributed by atoms with Crippen molar-refractivity contribution in [1.29, 1.82) is 5.26 Å². The number of nitrogens with zero attached hydrogens (tertiary/aromatic N) is 1. The van der Waals surface area contributed by atoms with Crippen molar-refractivity contribution in [3.05, 3.63) is 66.6 Å². The van der Waals surface area contributed by atoms with Gasteiger partial charge in [-0.1, -0.05) is 40.7 Å². The minimum atomic E-state index is -1.27. The van der Waals surface area contributed by atoms with E-state index in [4.69, 9.17) is 9.47 Å². The Morgan fingerprint density at radius 2 is 1.95 bits per heavy atom. The molecule has 1 heterocycles. The molecule has 3 rings (SSSR count). The minimum absolute atomic E-state index is 0.0542. The molecule has 0 bridgehead atoms. The van der Waals surface area contributed by atoms with Crippen molar-refractivity contribution in [2.75, 3.05) is 25.3 Å². The van der Waals surface area contributed by atoms with Gasteiger partial charge in [0.1, 0.15) is 11.7 Å². The molecule has 1 aliphatic rings. The normalized spacial score (nSPS) is 17.1. The van der Waals surface area contributed by atoms with Crippen LogP contribution in [0.5, 0.6) is 5.75 Å². The highest BCUT2D eigenvalue weighted by Crippen LogP contribution is 2.42. The van der Waals surface area contributed by atoms with Gasteiger partial charge in [0.2, 0.25) is 11.8 Å². The van der Waals surface area contributed by atoms with Gasteiger partial charge in [-0.2, -0.15) is 5.26 Å². The van der Waals surface area contributed by atoms with Gasteiger partial charge in [0.15, 0.2) is 0 Å². The number of aryl methyl sites for hydroxylation is 2. The zero-order valence-corrected chi connectivity index (χ0v) is 24.6. The number of halogens is 2. The van der Waals surface area contributed by atoms with Crippen molar-refractivity contribution in [3.63, 3.8) is 0 Å². The maximum atomic E-state index is 13.0. The molecular weight excluding hydrogens is 626 g/mol. The van der Waals surface area contributed by atoms with E-state index in [0.29, 0.717) is 15.8 Å². The number of hydrogen-bond donors (Lipinski definition) is 2. The third kappa shape index (κ3) is 6.37. The van der Waals surface area contributed by atoms with Crippen LogP contribution in [0, 0.1) is 24.2 Å². The maximum absolute atomic E-state index is 13.0. The molecular formula is C26H25Br2N3O5S. The van der Waals surface area contributed by atoms with Gasteiger partial charge < -0.3 is 20.1 Å². The zero-order valence-electron chi connectivity index (χ0n) is 20.6. The van der Waals surface area contributed by atoms with Crippen molar-refractivity contribution in [1.82, 2.24) is 5.32 Å². The molecule has 0 aliphatic carbocycles. The summed E-state index contributed by atoms with van der Waals surface area (Å²) in [6.45, 7) is 3.91. The number of nitrogens with one attached hydrogen (secondary N) is 2. The molecule has 194 valence electrons. The molecule has 0 saturated carbocycles. The number of methoxy groups -OCH3 is 2. The van der Waals surface area contributed by atoms with Crippen LogP contribution in [0.1, 0.15) is 29.5 Å². The molecule has 2 aromatic carbocycles. The number of rotatable bonds is 8. The topological polar surface area (TPSA) is 118 Å². The summed E-state index contributed by atoms with van der Waals surface area (Å²) >= 11 is 7.93. The molecule has 2 aromatic rings. The molecule has 0 radical (unpaired) electrons. The van der Waals surface area contributed by atoms with Crippen LogP contribution >= 0.6 is 43.6 Å². The second-order valence-corrected chi connectivity index (χ2v) is 10.9. The summed E-state index contributed by atoms with van der Waals surface area (Å²) < 4.78 is 11.7. The van der Waals surface area contributed by atoms with Gasteiger partial charge in [0, 0.05) is 16.1 Å². The number of allylic oxidation sites excluding steroid dienone is 1. The summed E-state index contributed by atoms with van der Waals surface area (Å²) in [5.74, 6) is -3.33. The van der Waals surface area contributed by atoms with E-state index in [1.54, 1.807) is 18.2 Å². The molecule has 0 aromatic heterocycles. The van der Waals surface area contributed by atoms with Gasteiger partial charge >= 0.3 is 5.97 Å². The number of anilines is 1. The number of esters is 1. The van der Waals surface area contributed by atoms with E-state index in [9.17, 15) is 19.6 Å². The monoisotopic (exact) mass is 649 g/mol. The van der Waals surface area contributed by atoms with Crippen LogP contribution in [-0.2, 0) is 25.5 Å². The first-order valence-corrected chi connectivity index (χ1v) is 13.8. The Bertz CT molecular complexity index is 1320. The summed E-state index contributed by atoms with van der Waals surface area (Å²) in [7, 11) is 2.71. The van der Waals surface area contributed by atoms with Crippen LogP contribution in [-0.4, -0.2) is 37.8 Å². The highest BCUT2D eigenvalue weighted by Gasteiger charge is 2.44. The van der Waals surface area contributed by atoms with Gasteiger partial charge in [0.05, 0.1) is 41.1 Å². The minimum Gasteiger partial charge on any atom is -0.496 e. The fraction of sp³-hybridized carbons (Fsp3) is 0.308. The molecule has 11 heteroatoms. The number of thioether (sulfide) groups is 1. The van der Waals surface area contributed by atoms with Crippen LogP contribution in [0.25, 0.3) is 0 Å². The zero-order chi connectivity index (χ0) is 27.3. The lowest BCUT2D eigenvalue weighted by Gasteiger charge is -2.31. The number of ether oxygens (including phenoxy) is 2. The van der Waals surface area contributed by atoms with Crippen molar-refractivity contribution >= 4 is 67.1 Å². The molecule has 0 saturated heterocycles. The maximum Gasteiger partial charge on any atom is 0.319 e. The molecule has 8 nitrogen and oxygen atoms in total. The van der Waals surface area contributed by atoms with Gasteiger partial charge in [-0.15, -0.1) is 0 Å². The fourth-order valence-corrected chi connectivity index (χ4v) is 6.17. The fourth-order valence-electron chi connectivity index (χ4n) is 4.14. The van der Waals surface area contributed by atoms with Gasteiger partial charge in [-0.3, -0.25) is 14.4 Å². The molecule has 2 amide bonds. The van der Waals surface area contributed by atoms with Crippen molar-refractivity contribution < 1.29 is 23.9 Å². The summed E-state index contributed by atoms with van der Waals surface area (Å²) in [5.41, 5.74) is 3.36. The number of nitriles is 1. The van der Waals surface area contributed by atoms with E-state index >= 15 is 0 Å². The van der Waals surface area contributed by atoms with Crippen LogP contribution < -0.4 is 15.4 Å². The van der Waals surface area contributed by atoms with E-state index in [0.717, 1.165) is 39.5 Å². The van der Waals surface area contributed by atoms with Crippen LogP contribution in [0.15, 0.2) is 49.9 Å². The Balaban J connectivity index is 1.94. The summed E-state index contributed by atoms with van der Waals surface area (Å²) in [4.78, 5) is 38.5. The van der Waals surface area contributed by atoms with Gasteiger partial charge in [-0.05, 0) is 70.2 Å². The van der Waals surface area contributed by atoms with Gasteiger partial charge in [0.25, 0.3) is 0 Å². The van der Waals surface area contributed by atoms with Crippen LogP contribution in [0.4, 0.5) is 5.69 Å². The average Bonchev–Trinajstić information content (AvgIpc) is 2.87. The van der Waals surface area contributed by atoms with Crippen molar-refractivity contribution in [3.8, 4) is 11.8 Å². The standard InChI is InChI=1S/C26H25Br2N3O5S/c1-5-14-9-16(27)8-13(2)23(14)30-20(32)12-37-25-17(11-29)21(22(24(33)31-25)26(34)36-4)15-6-7-19(35-3)18(28)10-15/h6-10,21-22H,5,12H2,1-4H3,(H,30,32)(H,31,33)/t21-,22-/m1/s1. The highest BCUT2D eigenvalue weighted by molar-refractivity contribution is 9.10. The Morgan fingerprint density at radius 1 is 1.22 bits per heavy atom. The smallest absolute Gasteiger partial charge is 0.319 e. The first kappa shape index (κ1) is 28.8. The number of hydrogen-bond acceptors (Lipinski definition) is 7. The molecule has 2 atom stereocenters. The second-order valence-electron chi connectivity index (χ2n) is 8.16. The molecule has 1 aliphatic heterocycles. The van der Waals surface area contributed by atoms with Gasteiger partial charge in [-0.25, -0.2) is 0 Å². The number of amides is 2. The largest absolute Gasteiger partial charge is 0.496 e. The Kier molecular flexibility index (Phi) is 9.81. The second kappa shape index (κ2) is 12.6. The predicted octanol–water partition coefficient (Wildman–Crippen LogP) is 5.20. The Labute approximate surface area is 236 Å². The molecule has 0 unspecified atom stereocenters. The lowest BCUT2D eigenvalue weighted by molar-refractivity contribution is -0.150. The first-order valence-electron chi connectivity index (χ1n) is 11.2. The lowest BCUT2D eigenvalue weighted by atomic mass is 9.78. The van der Waals surface area contributed by atoms with E-state index in [1.165, 1.54) is 14.2 Å². The van der Waals surface area contributed by atoms with Crippen molar-refractivity contribution in [2.24, 2.45) is 5.92 Å². The summed E-state index contributed by atoms with van der Waals surface area (Å²) in [5, 5.41) is 15.9. The number of benzene rings is 2. The van der Waals surface area contributed by atoms with Crippen LogP contribution in [0.3, 0.4) is 0 Å². The average molecular weight is 651 g/mol. The lowest BCUT2D eigenvalue weighted by Crippen LogP contribution is -2.44. The van der Waals surface area contributed by atoms with E-state index < -0.39 is 23.7 Å². The molecule has 0 spiro atoms. The number of carbonyl (C=O) groups is 3. The Hall–Kier alpha value is -2.81. The van der Waals surface area contributed by atoms with E-state index in [2.05, 4.69) is 48.6 Å². The Morgan fingerprint density at radius 3 is 2.54 bits per heavy atom. The third-order valence-electron chi connectivity index (χ3n) is 5.89. The predicted molar refractivity (Wildman–Crippen MR) is 149 cm³/mol. The highest BCUT2D eigenvalue weighted by atomic mass is 79.9. The molecule has 37 heavy (non-hydrogen) atoms. The summed E-state index contributed by atoms with van der Waals surface area (Å²) in [6.07, 6.45) is 0.733. The van der Waals surface area contributed by atoms with Crippen molar-refractivity contribution in [2.45, 2.75) is 26.2 Å². The third-order valence-corrected chi connectivity index (χ3v) is 7.99. The number of carbonyl (C=O) groups excluding carboxylic acids is 3. The first-order chi connectivity index (χ1) is 17.6.